The number of carboxylic acids is 1. The van der Waals surface area contributed by atoms with Crippen molar-refractivity contribution in [3.63, 3.8) is 0 Å². The summed E-state index contributed by atoms with van der Waals surface area (Å²) < 4.78 is 4.97. The summed E-state index contributed by atoms with van der Waals surface area (Å²) in [6.07, 6.45) is 0. The van der Waals surface area contributed by atoms with Crippen LogP contribution in [0.4, 0.5) is 5.69 Å². The van der Waals surface area contributed by atoms with Gasteiger partial charge in [-0.05, 0) is 31.2 Å². The number of carbonyl (C=O) groups excluding carboxylic acids is 1. The molecule has 0 radical (unpaired) electrons. The molecule has 2 rings (SSSR count). The molecule has 0 saturated heterocycles. The molecule has 1 aromatic carbocycles. The van der Waals surface area contributed by atoms with Crippen molar-refractivity contribution >= 4 is 17.6 Å². The van der Waals surface area contributed by atoms with Crippen molar-refractivity contribution in [1.29, 1.82) is 0 Å². The van der Waals surface area contributed by atoms with E-state index in [1.807, 2.05) is 0 Å². The number of amides is 1. The maximum Gasteiger partial charge on any atom is 0.341 e. The van der Waals surface area contributed by atoms with Crippen LogP contribution in [0.5, 0.6) is 5.75 Å². The maximum atomic E-state index is 11.8. The van der Waals surface area contributed by atoms with E-state index in [2.05, 4.69) is 20.5 Å². The Labute approximate surface area is 113 Å². The Kier molecular flexibility index (Phi) is 3.94. The van der Waals surface area contributed by atoms with Gasteiger partial charge in [-0.15, -0.1) is 5.10 Å². The monoisotopic (exact) mass is 276 g/mol. The number of aryl methyl sites for hydroxylation is 1. The molecule has 0 aliphatic rings. The topological polar surface area (TPSA) is 117 Å². The highest BCUT2D eigenvalue weighted by Gasteiger charge is 2.11. The molecule has 104 valence electrons. The van der Waals surface area contributed by atoms with E-state index in [0.29, 0.717) is 17.3 Å². The number of rotatable bonds is 5. The smallest absolute Gasteiger partial charge is 0.341 e. The van der Waals surface area contributed by atoms with E-state index in [1.165, 1.54) is 0 Å². The van der Waals surface area contributed by atoms with Gasteiger partial charge in [-0.1, -0.05) is 0 Å². The molecular weight excluding hydrogens is 264 g/mol. The van der Waals surface area contributed by atoms with Gasteiger partial charge in [0.1, 0.15) is 11.6 Å². The normalized spacial score (nSPS) is 10.1. The van der Waals surface area contributed by atoms with Crippen LogP contribution in [0.25, 0.3) is 0 Å². The fourth-order valence-electron chi connectivity index (χ4n) is 1.41. The number of anilines is 1. The van der Waals surface area contributed by atoms with Crippen molar-refractivity contribution in [2.24, 2.45) is 0 Å². The first kappa shape index (κ1) is 13.5. The highest BCUT2D eigenvalue weighted by molar-refractivity contribution is 6.01. The number of aromatic nitrogens is 3. The summed E-state index contributed by atoms with van der Waals surface area (Å²) in [5.41, 5.74) is 0.528. The number of hydrogen-bond acceptors (Lipinski definition) is 5. The highest BCUT2D eigenvalue weighted by Crippen LogP contribution is 2.16. The lowest BCUT2D eigenvalue weighted by molar-refractivity contribution is -0.139. The number of aliphatic carboxylic acids is 1. The molecule has 0 spiro atoms. The average molecular weight is 276 g/mol. The molecule has 0 saturated carbocycles. The lowest BCUT2D eigenvalue weighted by Crippen LogP contribution is -2.14. The van der Waals surface area contributed by atoms with Gasteiger partial charge in [-0.25, -0.2) is 9.78 Å². The van der Waals surface area contributed by atoms with Gasteiger partial charge in [-0.2, -0.15) is 0 Å². The molecule has 3 N–H and O–H groups in total. The summed E-state index contributed by atoms with van der Waals surface area (Å²) in [6.45, 7) is 1.28. The Balaban J connectivity index is 1.96. The van der Waals surface area contributed by atoms with Gasteiger partial charge in [0.15, 0.2) is 6.61 Å². The summed E-state index contributed by atoms with van der Waals surface area (Å²) in [7, 11) is 0. The van der Waals surface area contributed by atoms with E-state index >= 15 is 0 Å². The molecule has 0 aliphatic heterocycles. The quantitative estimate of drug-likeness (QED) is 0.744. The number of nitrogens with one attached hydrogen (secondary N) is 2. The number of aromatic amines is 1. The summed E-state index contributed by atoms with van der Waals surface area (Å²) in [6, 6.07) is 6.30. The number of benzene rings is 1. The van der Waals surface area contributed by atoms with Crippen LogP contribution in [0.15, 0.2) is 24.3 Å². The molecule has 8 heteroatoms. The minimum absolute atomic E-state index is 0.0497. The van der Waals surface area contributed by atoms with Crippen molar-refractivity contribution in [1.82, 2.24) is 15.2 Å². The maximum absolute atomic E-state index is 11.8. The Morgan fingerprint density at radius 1 is 1.35 bits per heavy atom. The van der Waals surface area contributed by atoms with Crippen LogP contribution in [0.3, 0.4) is 0 Å². The van der Waals surface area contributed by atoms with Gasteiger partial charge >= 0.3 is 5.97 Å². The van der Waals surface area contributed by atoms with Gasteiger partial charge < -0.3 is 15.2 Å². The van der Waals surface area contributed by atoms with Crippen LogP contribution in [-0.2, 0) is 4.79 Å². The standard InChI is InChI=1S/C12H12N4O4/c1-7-13-11(16-15-7)12(19)14-8-2-4-9(5-3-8)20-6-10(17)18/h2-5H,6H2,1H3,(H,14,19)(H,17,18)(H,13,15,16). The molecular formula is C12H12N4O4. The van der Waals surface area contributed by atoms with Gasteiger partial charge in [0.25, 0.3) is 5.91 Å². The lowest BCUT2D eigenvalue weighted by atomic mass is 10.3. The zero-order chi connectivity index (χ0) is 14.5. The first-order valence-electron chi connectivity index (χ1n) is 5.69. The first-order chi connectivity index (χ1) is 9.54. The molecule has 0 fully saturated rings. The molecule has 0 unspecified atom stereocenters. The van der Waals surface area contributed by atoms with E-state index in [1.54, 1.807) is 31.2 Å². The number of ether oxygens (including phenoxy) is 1. The highest BCUT2D eigenvalue weighted by atomic mass is 16.5. The lowest BCUT2D eigenvalue weighted by Gasteiger charge is -2.05. The van der Waals surface area contributed by atoms with Crippen LogP contribution in [0, 0.1) is 6.92 Å². The Bertz CT molecular complexity index is 621. The third kappa shape index (κ3) is 3.55. The molecule has 1 heterocycles. The second kappa shape index (κ2) is 5.83. The number of carbonyl (C=O) groups is 2. The van der Waals surface area contributed by atoms with Crippen molar-refractivity contribution in [2.45, 2.75) is 6.92 Å². The minimum Gasteiger partial charge on any atom is -0.482 e. The van der Waals surface area contributed by atoms with Crippen LogP contribution >= 0.6 is 0 Å². The molecule has 1 aromatic heterocycles. The van der Waals surface area contributed by atoms with E-state index in [0.717, 1.165) is 0 Å². The third-order valence-electron chi connectivity index (χ3n) is 2.27. The summed E-state index contributed by atoms with van der Waals surface area (Å²) in [5.74, 6) is -0.490. The van der Waals surface area contributed by atoms with E-state index in [9.17, 15) is 9.59 Å². The van der Waals surface area contributed by atoms with Gasteiger partial charge in [-0.3, -0.25) is 9.89 Å². The SMILES string of the molecule is Cc1nc(C(=O)Nc2ccc(OCC(=O)O)cc2)n[nH]1. The minimum atomic E-state index is -1.05. The van der Waals surface area contributed by atoms with Crippen molar-refractivity contribution in [3.05, 3.63) is 35.9 Å². The summed E-state index contributed by atoms with van der Waals surface area (Å²) in [4.78, 5) is 26.0. The van der Waals surface area contributed by atoms with Gasteiger partial charge in [0, 0.05) is 5.69 Å². The molecule has 20 heavy (non-hydrogen) atoms. The number of carboxylic acid groups (broad SMARTS) is 1. The molecule has 0 bridgehead atoms. The molecule has 2 aromatic rings. The van der Waals surface area contributed by atoms with Crippen LogP contribution in [0.2, 0.25) is 0 Å². The Morgan fingerprint density at radius 3 is 2.60 bits per heavy atom. The Morgan fingerprint density at radius 2 is 2.05 bits per heavy atom. The number of nitrogens with zero attached hydrogens (tertiary/aromatic N) is 2. The second-order valence-electron chi connectivity index (χ2n) is 3.91. The summed E-state index contributed by atoms with van der Waals surface area (Å²) in [5, 5.41) is 17.4. The zero-order valence-electron chi connectivity index (χ0n) is 10.6. The fourth-order valence-corrected chi connectivity index (χ4v) is 1.41. The zero-order valence-corrected chi connectivity index (χ0v) is 10.6. The van der Waals surface area contributed by atoms with Gasteiger partial charge in [0.2, 0.25) is 5.82 Å². The second-order valence-corrected chi connectivity index (χ2v) is 3.91. The molecule has 0 atom stereocenters. The third-order valence-corrected chi connectivity index (χ3v) is 2.27. The van der Waals surface area contributed by atoms with Crippen molar-refractivity contribution in [3.8, 4) is 5.75 Å². The summed E-state index contributed by atoms with van der Waals surface area (Å²) >= 11 is 0. The van der Waals surface area contributed by atoms with Crippen LogP contribution in [-0.4, -0.2) is 38.8 Å². The van der Waals surface area contributed by atoms with E-state index in [-0.39, 0.29) is 5.82 Å². The van der Waals surface area contributed by atoms with Crippen LogP contribution in [0.1, 0.15) is 16.4 Å². The molecule has 1 amide bonds. The predicted molar refractivity (Wildman–Crippen MR) is 68.6 cm³/mol. The Hall–Kier alpha value is -2.90. The number of H-pyrrole nitrogens is 1. The number of hydrogen-bond donors (Lipinski definition) is 3. The first-order valence-corrected chi connectivity index (χ1v) is 5.69. The van der Waals surface area contributed by atoms with Crippen molar-refractivity contribution in [2.75, 3.05) is 11.9 Å². The fraction of sp³-hybridized carbons (Fsp3) is 0.167. The van der Waals surface area contributed by atoms with Crippen molar-refractivity contribution < 1.29 is 19.4 Å². The molecule has 0 aliphatic carbocycles. The average Bonchev–Trinajstić information content (AvgIpc) is 2.85. The van der Waals surface area contributed by atoms with E-state index < -0.39 is 18.5 Å². The van der Waals surface area contributed by atoms with Gasteiger partial charge in [0.05, 0.1) is 0 Å². The largest absolute Gasteiger partial charge is 0.482 e. The van der Waals surface area contributed by atoms with E-state index in [4.69, 9.17) is 9.84 Å². The van der Waals surface area contributed by atoms with Crippen LogP contribution < -0.4 is 10.1 Å². The molecule has 8 nitrogen and oxygen atoms in total. The predicted octanol–water partition coefficient (Wildman–Crippen LogP) is 0.829.